The van der Waals surface area contributed by atoms with Crippen molar-refractivity contribution in [3.63, 3.8) is 0 Å². The van der Waals surface area contributed by atoms with E-state index in [1.807, 2.05) is 42.3 Å². The number of anilines is 2. The van der Waals surface area contributed by atoms with E-state index in [0.29, 0.717) is 17.3 Å². The fourth-order valence-corrected chi connectivity index (χ4v) is 2.15. The van der Waals surface area contributed by atoms with Crippen molar-refractivity contribution in [3.8, 4) is 0 Å². The lowest BCUT2D eigenvalue weighted by molar-refractivity contribution is -0.384. The average molecular weight is 306 g/mol. The second-order valence-electron chi connectivity index (χ2n) is 4.73. The Morgan fingerprint density at radius 3 is 2.48 bits per heavy atom. The number of nitrogens with zero attached hydrogens (tertiary/aromatic N) is 2. The number of halogens is 1. The molecule has 0 atom stereocenters. The van der Waals surface area contributed by atoms with Gasteiger partial charge in [0.2, 0.25) is 0 Å². The van der Waals surface area contributed by atoms with Gasteiger partial charge in [-0.3, -0.25) is 10.1 Å². The summed E-state index contributed by atoms with van der Waals surface area (Å²) >= 11 is 5.86. The molecule has 0 bridgehead atoms. The highest BCUT2D eigenvalue weighted by molar-refractivity contribution is 6.30. The Kier molecular flexibility index (Phi) is 4.65. The molecule has 0 heterocycles. The molecular weight excluding hydrogens is 290 g/mol. The van der Waals surface area contributed by atoms with Crippen molar-refractivity contribution in [2.45, 2.75) is 6.54 Å². The zero-order chi connectivity index (χ0) is 15.4. The summed E-state index contributed by atoms with van der Waals surface area (Å²) in [5.74, 6) is 0. The number of hydrogen-bond acceptors (Lipinski definition) is 4. The molecule has 0 aliphatic rings. The summed E-state index contributed by atoms with van der Waals surface area (Å²) in [4.78, 5) is 12.6. The van der Waals surface area contributed by atoms with Crippen LogP contribution >= 0.6 is 11.6 Å². The number of nitro benzene ring substituents is 1. The highest BCUT2D eigenvalue weighted by atomic mass is 35.5. The maximum atomic E-state index is 11.0. The maximum Gasteiger partial charge on any atom is 0.273 e. The van der Waals surface area contributed by atoms with E-state index in [2.05, 4.69) is 5.32 Å². The lowest BCUT2D eigenvalue weighted by Crippen LogP contribution is -2.16. The summed E-state index contributed by atoms with van der Waals surface area (Å²) in [7, 11) is 3.63. The van der Waals surface area contributed by atoms with Crippen molar-refractivity contribution < 1.29 is 4.92 Å². The molecule has 0 aromatic heterocycles. The number of nitro groups is 1. The standard InChI is InChI=1S/C15H16ClN3O2/c1-17-13-7-14(9-15(8-13)19(20)21)18(2)10-11-3-5-12(16)6-4-11/h3-9,17H,10H2,1-2H3. The van der Waals surface area contributed by atoms with Crippen molar-refractivity contribution in [3.05, 3.63) is 63.2 Å². The van der Waals surface area contributed by atoms with Gasteiger partial charge in [-0.25, -0.2) is 0 Å². The fourth-order valence-electron chi connectivity index (χ4n) is 2.02. The summed E-state index contributed by atoms with van der Waals surface area (Å²) in [6, 6.07) is 12.5. The van der Waals surface area contributed by atoms with E-state index in [0.717, 1.165) is 11.3 Å². The highest BCUT2D eigenvalue weighted by Crippen LogP contribution is 2.27. The third kappa shape index (κ3) is 3.86. The van der Waals surface area contributed by atoms with Gasteiger partial charge in [0.1, 0.15) is 0 Å². The Labute approximate surface area is 128 Å². The molecule has 110 valence electrons. The van der Waals surface area contributed by atoms with Gasteiger partial charge in [-0.1, -0.05) is 23.7 Å². The van der Waals surface area contributed by atoms with Gasteiger partial charge in [0.15, 0.2) is 0 Å². The molecule has 0 saturated carbocycles. The fraction of sp³-hybridized carbons (Fsp3) is 0.200. The number of rotatable bonds is 5. The summed E-state index contributed by atoms with van der Waals surface area (Å²) < 4.78 is 0. The molecule has 0 aliphatic carbocycles. The number of nitrogens with one attached hydrogen (secondary N) is 1. The highest BCUT2D eigenvalue weighted by Gasteiger charge is 2.12. The molecule has 2 rings (SSSR count). The van der Waals surface area contributed by atoms with Gasteiger partial charge >= 0.3 is 0 Å². The normalized spacial score (nSPS) is 10.2. The van der Waals surface area contributed by atoms with Crippen molar-refractivity contribution in [2.24, 2.45) is 0 Å². The maximum absolute atomic E-state index is 11.0. The number of non-ortho nitro benzene ring substituents is 1. The lowest BCUT2D eigenvalue weighted by atomic mass is 10.2. The van der Waals surface area contributed by atoms with Crippen LogP contribution in [0.4, 0.5) is 17.1 Å². The second-order valence-corrected chi connectivity index (χ2v) is 5.16. The van der Waals surface area contributed by atoms with E-state index in [4.69, 9.17) is 11.6 Å². The number of hydrogen-bond donors (Lipinski definition) is 1. The van der Waals surface area contributed by atoms with Gasteiger partial charge in [0.05, 0.1) is 4.92 Å². The Bertz CT molecular complexity index is 644. The van der Waals surface area contributed by atoms with Crippen LogP contribution in [0.25, 0.3) is 0 Å². The Balaban J connectivity index is 2.25. The van der Waals surface area contributed by atoms with Gasteiger partial charge in [0.25, 0.3) is 5.69 Å². The molecule has 2 aromatic rings. The van der Waals surface area contributed by atoms with E-state index in [9.17, 15) is 10.1 Å². The van der Waals surface area contributed by atoms with Gasteiger partial charge < -0.3 is 10.2 Å². The lowest BCUT2D eigenvalue weighted by Gasteiger charge is -2.20. The van der Waals surface area contributed by atoms with Crippen molar-refractivity contribution in [2.75, 3.05) is 24.3 Å². The van der Waals surface area contributed by atoms with Gasteiger partial charge in [-0.2, -0.15) is 0 Å². The summed E-state index contributed by atoms with van der Waals surface area (Å²) in [6.07, 6.45) is 0. The number of benzene rings is 2. The smallest absolute Gasteiger partial charge is 0.273 e. The van der Waals surface area contributed by atoms with Crippen LogP contribution in [0.2, 0.25) is 5.02 Å². The van der Waals surface area contributed by atoms with E-state index < -0.39 is 0 Å². The monoisotopic (exact) mass is 305 g/mol. The van der Waals surface area contributed by atoms with Crippen LogP contribution in [0.5, 0.6) is 0 Å². The molecule has 5 nitrogen and oxygen atoms in total. The molecule has 2 aromatic carbocycles. The van der Waals surface area contributed by atoms with Crippen LogP contribution in [0.15, 0.2) is 42.5 Å². The van der Waals surface area contributed by atoms with E-state index in [-0.39, 0.29) is 10.6 Å². The van der Waals surface area contributed by atoms with E-state index in [1.165, 1.54) is 6.07 Å². The van der Waals surface area contributed by atoms with Crippen LogP contribution in [0.1, 0.15) is 5.56 Å². The quantitative estimate of drug-likeness (QED) is 0.672. The molecule has 0 unspecified atom stereocenters. The molecule has 1 N–H and O–H groups in total. The average Bonchev–Trinajstić information content (AvgIpc) is 2.49. The first-order valence-corrected chi connectivity index (χ1v) is 6.80. The van der Waals surface area contributed by atoms with Crippen LogP contribution < -0.4 is 10.2 Å². The molecule has 0 aliphatic heterocycles. The Hall–Kier alpha value is -2.27. The first-order chi connectivity index (χ1) is 9.99. The minimum atomic E-state index is -0.388. The van der Waals surface area contributed by atoms with Gasteiger partial charge in [0, 0.05) is 49.2 Å². The van der Waals surface area contributed by atoms with Crippen molar-refractivity contribution in [1.29, 1.82) is 0 Å². The zero-order valence-corrected chi connectivity index (χ0v) is 12.6. The van der Waals surface area contributed by atoms with Gasteiger partial charge in [-0.15, -0.1) is 0 Å². The van der Waals surface area contributed by atoms with Gasteiger partial charge in [-0.05, 0) is 23.8 Å². The molecule has 0 spiro atoms. The molecule has 0 saturated heterocycles. The second kappa shape index (κ2) is 6.45. The molecule has 0 fully saturated rings. The first-order valence-electron chi connectivity index (χ1n) is 6.42. The molecule has 0 radical (unpaired) electrons. The minimum Gasteiger partial charge on any atom is -0.388 e. The molecule has 6 heteroatoms. The third-order valence-corrected chi connectivity index (χ3v) is 3.43. The van der Waals surface area contributed by atoms with Crippen molar-refractivity contribution >= 4 is 28.7 Å². The van der Waals surface area contributed by atoms with E-state index in [1.54, 1.807) is 13.1 Å². The Morgan fingerprint density at radius 1 is 1.24 bits per heavy atom. The first kappa shape index (κ1) is 15.1. The molecular formula is C15H16ClN3O2. The van der Waals surface area contributed by atoms with Crippen LogP contribution in [-0.4, -0.2) is 19.0 Å². The topological polar surface area (TPSA) is 58.4 Å². The Morgan fingerprint density at radius 2 is 1.90 bits per heavy atom. The zero-order valence-electron chi connectivity index (χ0n) is 11.8. The van der Waals surface area contributed by atoms with Crippen LogP contribution in [-0.2, 0) is 6.54 Å². The summed E-state index contributed by atoms with van der Waals surface area (Å²) in [6.45, 7) is 0.640. The van der Waals surface area contributed by atoms with Crippen LogP contribution in [0, 0.1) is 10.1 Å². The van der Waals surface area contributed by atoms with Crippen LogP contribution in [0.3, 0.4) is 0 Å². The predicted octanol–water partition coefficient (Wildman–Crippen LogP) is 3.93. The summed E-state index contributed by atoms with van der Waals surface area (Å²) in [5.41, 5.74) is 2.64. The third-order valence-electron chi connectivity index (χ3n) is 3.18. The SMILES string of the molecule is CNc1cc(N(C)Cc2ccc(Cl)cc2)cc([N+](=O)[O-])c1. The molecule has 21 heavy (non-hydrogen) atoms. The van der Waals surface area contributed by atoms with Crippen molar-refractivity contribution in [1.82, 2.24) is 0 Å². The predicted molar refractivity (Wildman–Crippen MR) is 86.2 cm³/mol. The molecule has 0 amide bonds. The summed E-state index contributed by atoms with van der Waals surface area (Å²) in [5, 5.41) is 14.6. The minimum absolute atomic E-state index is 0.0693. The van der Waals surface area contributed by atoms with E-state index >= 15 is 0 Å². The largest absolute Gasteiger partial charge is 0.388 e.